The van der Waals surface area contributed by atoms with Crippen LogP contribution in [0.15, 0.2) is 77.6 Å². The Balaban J connectivity index is 1.43. The average Bonchev–Trinajstić information content (AvgIpc) is 3.44. The number of methoxy groups -OCH3 is 1. The standard InChI is InChI=1S/C23H22N4O3/c1-26(14-18-13-24-27(16-18)15-17-8-4-3-5-9-17)23(28)20-12-22(30-25-20)19-10-6-7-11-21(19)29-2/h3-13,16H,14-15H2,1-2H3. The zero-order chi connectivity index (χ0) is 20.9. The zero-order valence-corrected chi connectivity index (χ0v) is 16.9. The molecule has 7 nitrogen and oxygen atoms in total. The second-order valence-electron chi connectivity index (χ2n) is 6.97. The number of para-hydroxylation sites is 1. The molecule has 0 saturated heterocycles. The first-order valence-corrected chi connectivity index (χ1v) is 9.55. The van der Waals surface area contributed by atoms with E-state index in [4.69, 9.17) is 9.26 Å². The maximum atomic E-state index is 12.8. The molecule has 0 N–H and O–H groups in total. The molecule has 0 spiro atoms. The van der Waals surface area contributed by atoms with Crippen molar-refractivity contribution in [3.63, 3.8) is 0 Å². The molecule has 2 heterocycles. The molecule has 0 aliphatic heterocycles. The molecule has 0 fully saturated rings. The lowest BCUT2D eigenvalue weighted by molar-refractivity contribution is 0.0775. The molecular weight excluding hydrogens is 380 g/mol. The van der Waals surface area contributed by atoms with Crippen molar-refractivity contribution >= 4 is 5.91 Å². The Morgan fingerprint density at radius 1 is 1.10 bits per heavy atom. The highest BCUT2D eigenvalue weighted by molar-refractivity contribution is 5.93. The van der Waals surface area contributed by atoms with Crippen LogP contribution in [0.25, 0.3) is 11.3 Å². The molecule has 0 saturated carbocycles. The summed E-state index contributed by atoms with van der Waals surface area (Å²) in [5, 5.41) is 8.34. The van der Waals surface area contributed by atoms with Crippen LogP contribution in [-0.2, 0) is 13.1 Å². The third-order valence-electron chi connectivity index (χ3n) is 4.74. The van der Waals surface area contributed by atoms with Gasteiger partial charge in [0.05, 0.1) is 25.4 Å². The van der Waals surface area contributed by atoms with Gasteiger partial charge in [0.25, 0.3) is 5.91 Å². The predicted octanol–water partition coefficient (Wildman–Crippen LogP) is 3.87. The summed E-state index contributed by atoms with van der Waals surface area (Å²) < 4.78 is 12.6. The molecule has 4 aromatic rings. The van der Waals surface area contributed by atoms with Crippen LogP contribution in [0.5, 0.6) is 5.75 Å². The number of ether oxygens (including phenoxy) is 1. The van der Waals surface area contributed by atoms with Crippen molar-refractivity contribution in [3.8, 4) is 17.1 Å². The Labute approximate surface area is 174 Å². The maximum absolute atomic E-state index is 12.8. The van der Waals surface area contributed by atoms with Crippen molar-refractivity contribution in [1.82, 2.24) is 19.8 Å². The van der Waals surface area contributed by atoms with Crippen LogP contribution in [0.1, 0.15) is 21.6 Å². The van der Waals surface area contributed by atoms with E-state index in [1.165, 1.54) is 5.56 Å². The number of carbonyl (C=O) groups excluding carboxylic acids is 1. The highest BCUT2D eigenvalue weighted by Gasteiger charge is 2.19. The van der Waals surface area contributed by atoms with Crippen LogP contribution >= 0.6 is 0 Å². The van der Waals surface area contributed by atoms with Gasteiger partial charge in [0.1, 0.15) is 5.75 Å². The molecule has 0 radical (unpaired) electrons. The largest absolute Gasteiger partial charge is 0.496 e. The fraction of sp³-hybridized carbons (Fsp3) is 0.174. The van der Waals surface area contributed by atoms with Gasteiger partial charge in [-0.25, -0.2) is 0 Å². The predicted molar refractivity (Wildman–Crippen MR) is 112 cm³/mol. The molecule has 0 aliphatic carbocycles. The first-order valence-electron chi connectivity index (χ1n) is 9.55. The van der Waals surface area contributed by atoms with Gasteiger partial charge in [-0.3, -0.25) is 9.48 Å². The number of nitrogens with zero attached hydrogens (tertiary/aromatic N) is 4. The van der Waals surface area contributed by atoms with Crippen LogP contribution < -0.4 is 4.74 Å². The minimum Gasteiger partial charge on any atom is -0.496 e. The van der Waals surface area contributed by atoms with Crippen LogP contribution in [0.4, 0.5) is 0 Å². The molecule has 152 valence electrons. The van der Waals surface area contributed by atoms with E-state index in [9.17, 15) is 4.79 Å². The Morgan fingerprint density at radius 3 is 2.67 bits per heavy atom. The van der Waals surface area contributed by atoms with E-state index in [0.29, 0.717) is 24.6 Å². The zero-order valence-electron chi connectivity index (χ0n) is 16.9. The summed E-state index contributed by atoms with van der Waals surface area (Å²) in [7, 11) is 3.32. The van der Waals surface area contributed by atoms with Gasteiger partial charge in [0.15, 0.2) is 11.5 Å². The smallest absolute Gasteiger partial charge is 0.276 e. The van der Waals surface area contributed by atoms with Gasteiger partial charge in [-0.1, -0.05) is 47.6 Å². The first-order chi connectivity index (χ1) is 14.6. The first kappa shape index (κ1) is 19.4. The van der Waals surface area contributed by atoms with Gasteiger partial charge in [-0.15, -0.1) is 0 Å². The average molecular weight is 402 g/mol. The Bertz CT molecular complexity index is 1130. The Morgan fingerprint density at radius 2 is 1.87 bits per heavy atom. The monoisotopic (exact) mass is 402 g/mol. The SMILES string of the molecule is COc1ccccc1-c1cc(C(=O)N(C)Cc2cnn(Cc3ccccc3)c2)no1. The molecule has 30 heavy (non-hydrogen) atoms. The number of aromatic nitrogens is 3. The van der Waals surface area contributed by atoms with Gasteiger partial charge in [0.2, 0.25) is 0 Å². The summed E-state index contributed by atoms with van der Waals surface area (Å²) in [4.78, 5) is 14.4. The van der Waals surface area contributed by atoms with Gasteiger partial charge in [-0.2, -0.15) is 5.10 Å². The molecule has 1 amide bonds. The molecule has 0 bridgehead atoms. The van der Waals surface area contributed by atoms with Crippen molar-refractivity contribution in [3.05, 3.63) is 89.9 Å². The summed E-state index contributed by atoms with van der Waals surface area (Å²) in [6.07, 6.45) is 3.72. The summed E-state index contributed by atoms with van der Waals surface area (Å²) in [5.74, 6) is 0.919. The van der Waals surface area contributed by atoms with Gasteiger partial charge in [0, 0.05) is 31.4 Å². The highest BCUT2D eigenvalue weighted by Crippen LogP contribution is 2.30. The van der Waals surface area contributed by atoms with Crippen LogP contribution in [0, 0.1) is 0 Å². The molecule has 4 rings (SSSR count). The normalized spacial score (nSPS) is 10.7. The Kier molecular flexibility index (Phi) is 5.61. The third-order valence-corrected chi connectivity index (χ3v) is 4.74. The lowest BCUT2D eigenvalue weighted by atomic mass is 10.1. The quantitative estimate of drug-likeness (QED) is 0.469. The summed E-state index contributed by atoms with van der Waals surface area (Å²) in [6.45, 7) is 1.11. The molecule has 0 aliphatic rings. The number of carbonyl (C=O) groups is 1. The number of hydrogen-bond acceptors (Lipinski definition) is 5. The van der Waals surface area contributed by atoms with E-state index in [0.717, 1.165) is 11.1 Å². The summed E-state index contributed by atoms with van der Waals surface area (Å²) in [5.41, 5.74) is 3.10. The van der Waals surface area contributed by atoms with Gasteiger partial charge in [-0.05, 0) is 17.7 Å². The lowest BCUT2D eigenvalue weighted by Gasteiger charge is -2.14. The molecule has 0 unspecified atom stereocenters. The number of amides is 1. The van der Waals surface area contributed by atoms with Gasteiger partial charge >= 0.3 is 0 Å². The Hall–Kier alpha value is -3.87. The van der Waals surface area contributed by atoms with Crippen LogP contribution in [0.2, 0.25) is 0 Å². The number of rotatable bonds is 7. The molecule has 2 aromatic carbocycles. The van der Waals surface area contributed by atoms with E-state index in [1.54, 1.807) is 31.3 Å². The molecule has 7 heteroatoms. The van der Waals surface area contributed by atoms with E-state index >= 15 is 0 Å². The van der Waals surface area contributed by atoms with Gasteiger partial charge < -0.3 is 14.2 Å². The molecule has 2 aromatic heterocycles. The number of hydrogen-bond donors (Lipinski definition) is 0. The van der Waals surface area contributed by atoms with Crippen molar-refractivity contribution in [2.45, 2.75) is 13.1 Å². The van der Waals surface area contributed by atoms with Crippen LogP contribution in [0.3, 0.4) is 0 Å². The van der Waals surface area contributed by atoms with Crippen LogP contribution in [-0.4, -0.2) is 39.9 Å². The van der Waals surface area contributed by atoms with Crippen molar-refractivity contribution in [2.75, 3.05) is 14.2 Å². The second kappa shape index (κ2) is 8.65. The fourth-order valence-electron chi connectivity index (χ4n) is 3.24. The van der Waals surface area contributed by atoms with Crippen molar-refractivity contribution < 1.29 is 14.1 Å². The van der Waals surface area contributed by atoms with E-state index in [2.05, 4.69) is 22.4 Å². The van der Waals surface area contributed by atoms with E-state index in [-0.39, 0.29) is 11.6 Å². The lowest BCUT2D eigenvalue weighted by Crippen LogP contribution is -2.26. The van der Waals surface area contributed by atoms with Crippen molar-refractivity contribution in [1.29, 1.82) is 0 Å². The van der Waals surface area contributed by atoms with Crippen molar-refractivity contribution in [2.24, 2.45) is 0 Å². The summed E-state index contributed by atoms with van der Waals surface area (Å²) >= 11 is 0. The second-order valence-corrected chi connectivity index (χ2v) is 6.97. The third kappa shape index (κ3) is 4.25. The molecular formula is C23H22N4O3. The summed E-state index contributed by atoms with van der Waals surface area (Å²) in [6, 6.07) is 19.2. The minimum absolute atomic E-state index is 0.226. The topological polar surface area (TPSA) is 73.4 Å². The number of benzene rings is 2. The minimum atomic E-state index is -0.226. The highest BCUT2D eigenvalue weighted by atomic mass is 16.5. The van der Waals surface area contributed by atoms with E-state index in [1.807, 2.05) is 53.3 Å². The maximum Gasteiger partial charge on any atom is 0.276 e. The molecule has 0 atom stereocenters. The van der Waals surface area contributed by atoms with E-state index < -0.39 is 0 Å². The fourth-order valence-corrected chi connectivity index (χ4v) is 3.24.